The third kappa shape index (κ3) is 8.44. The minimum absolute atomic E-state index is 0. The second kappa shape index (κ2) is 15.7. The van der Waals surface area contributed by atoms with Crippen molar-refractivity contribution in [2.45, 2.75) is 0 Å². The van der Waals surface area contributed by atoms with E-state index in [1.54, 1.807) is 14.2 Å². The van der Waals surface area contributed by atoms with Gasteiger partial charge in [-0.2, -0.15) is 0 Å². The molecule has 0 aliphatic heterocycles. The molecule has 1 aromatic heterocycles. The number of methoxy groups -OCH3 is 2. The lowest BCUT2D eigenvalue weighted by atomic mass is 10.2. The van der Waals surface area contributed by atoms with Gasteiger partial charge in [-0.3, -0.25) is 0 Å². The van der Waals surface area contributed by atoms with Crippen molar-refractivity contribution in [2.75, 3.05) is 75.7 Å². The van der Waals surface area contributed by atoms with Crippen LogP contribution in [-0.2, 0) is 9.47 Å². The minimum atomic E-state index is 0. The van der Waals surface area contributed by atoms with Gasteiger partial charge in [-0.25, -0.2) is 9.97 Å². The van der Waals surface area contributed by atoms with E-state index in [0.717, 1.165) is 22.3 Å². The largest absolute Gasteiger partial charge is 0.487 e. The fraction of sp³-hybridized carbons (Fsp3) is 0.417. The Kier molecular flexibility index (Phi) is 13.0. The molecule has 11 heteroatoms. The molecule has 0 saturated carbocycles. The summed E-state index contributed by atoms with van der Waals surface area (Å²) in [5.74, 6) is 2.87. The predicted octanol–water partition coefficient (Wildman–Crippen LogP) is 5.13. The molecule has 0 spiro atoms. The van der Waals surface area contributed by atoms with Gasteiger partial charge >= 0.3 is 0 Å². The summed E-state index contributed by atoms with van der Waals surface area (Å²) >= 11 is 12.0. The van der Waals surface area contributed by atoms with E-state index in [9.17, 15) is 0 Å². The number of anilines is 3. The Morgan fingerprint density at radius 2 is 1.51 bits per heavy atom. The molecule has 0 aliphatic rings. The second-order valence-corrected chi connectivity index (χ2v) is 8.02. The number of ether oxygens (including phenoxy) is 4. The normalized spacial score (nSPS) is 10.6. The molecular formula is C24H31Cl3N4O4. The maximum absolute atomic E-state index is 5.98. The molecular weight excluding hydrogens is 515 g/mol. The molecule has 192 valence electrons. The number of rotatable bonds is 15. The Hall–Kier alpha value is -2.23. The highest BCUT2D eigenvalue weighted by Gasteiger charge is 2.14. The van der Waals surface area contributed by atoms with Crippen molar-refractivity contribution >= 4 is 63.7 Å². The summed E-state index contributed by atoms with van der Waals surface area (Å²) in [6.07, 6.45) is 1.52. The summed E-state index contributed by atoms with van der Waals surface area (Å²) in [4.78, 5) is 11.0. The van der Waals surface area contributed by atoms with Crippen molar-refractivity contribution in [3.05, 3.63) is 42.7 Å². The Morgan fingerprint density at radius 3 is 2.14 bits per heavy atom. The standard InChI is InChI=1S/C24H30Cl2N4O4.ClH/c1-31-10-12-33-22-15-20-21(16-23(22)34-13-11-32-2)27-17-28-24(20)29-18-4-3-5-19(14-18)30(8-6-25)9-7-26;/h3-5,14-17H,6-13H2,1-2H3,(H,27,28,29);1H. The summed E-state index contributed by atoms with van der Waals surface area (Å²) in [5.41, 5.74) is 2.64. The van der Waals surface area contributed by atoms with E-state index in [1.165, 1.54) is 6.33 Å². The van der Waals surface area contributed by atoms with Crippen LogP contribution in [0.2, 0.25) is 0 Å². The molecule has 0 radical (unpaired) electrons. The van der Waals surface area contributed by atoms with Gasteiger partial charge in [0, 0.05) is 61.9 Å². The highest BCUT2D eigenvalue weighted by Crippen LogP contribution is 2.35. The van der Waals surface area contributed by atoms with Crippen LogP contribution in [0.5, 0.6) is 11.5 Å². The Morgan fingerprint density at radius 1 is 0.857 bits per heavy atom. The fourth-order valence-electron chi connectivity index (χ4n) is 3.35. The van der Waals surface area contributed by atoms with Crippen molar-refractivity contribution in [1.82, 2.24) is 9.97 Å². The smallest absolute Gasteiger partial charge is 0.163 e. The second-order valence-electron chi connectivity index (χ2n) is 7.26. The van der Waals surface area contributed by atoms with Crippen molar-refractivity contribution < 1.29 is 18.9 Å². The van der Waals surface area contributed by atoms with Gasteiger partial charge in [-0.15, -0.1) is 35.6 Å². The average molecular weight is 546 g/mol. The number of halogens is 3. The monoisotopic (exact) mass is 544 g/mol. The molecule has 3 aromatic rings. The molecule has 1 heterocycles. The third-order valence-electron chi connectivity index (χ3n) is 4.97. The van der Waals surface area contributed by atoms with E-state index in [-0.39, 0.29) is 12.4 Å². The number of hydrogen-bond donors (Lipinski definition) is 1. The zero-order valence-electron chi connectivity index (χ0n) is 19.8. The van der Waals surface area contributed by atoms with E-state index in [0.29, 0.717) is 68.6 Å². The van der Waals surface area contributed by atoms with Crippen LogP contribution in [0.1, 0.15) is 0 Å². The third-order valence-corrected chi connectivity index (χ3v) is 5.31. The molecule has 8 nitrogen and oxygen atoms in total. The molecule has 0 aliphatic carbocycles. The van der Waals surface area contributed by atoms with E-state index >= 15 is 0 Å². The van der Waals surface area contributed by atoms with Crippen LogP contribution in [0.4, 0.5) is 17.2 Å². The average Bonchev–Trinajstić information content (AvgIpc) is 2.85. The summed E-state index contributed by atoms with van der Waals surface area (Å²) in [6, 6.07) is 11.8. The molecule has 0 amide bonds. The number of aromatic nitrogens is 2. The lowest BCUT2D eigenvalue weighted by Crippen LogP contribution is -2.27. The highest BCUT2D eigenvalue weighted by molar-refractivity contribution is 6.18. The summed E-state index contributed by atoms with van der Waals surface area (Å²) in [5, 5.41) is 4.21. The van der Waals surface area contributed by atoms with E-state index in [1.807, 2.05) is 36.4 Å². The van der Waals surface area contributed by atoms with Gasteiger partial charge in [-0.1, -0.05) is 6.07 Å². The van der Waals surface area contributed by atoms with Crippen molar-refractivity contribution in [3.8, 4) is 11.5 Å². The maximum Gasteiger partial charge on any atom is 0.163 e. The number of nitrogens with one attached hydrogen (secondary N) is 1. The van der Waals surface area contributed by atoms with Gasteiger partial charge < -0.3 is 29.2 Å². The van der Waals surface area contributed by atoms with Crippen LogP contribution in [-0.4, -0.2) is 75.5 Å². The molecule has 35 heavy (non-hydrogen) atoms. The topological polar surface area (TPSA) is 78.0 Å². The summed E-state index contributed by atoms with van der Waals surface area (Å²) in [7, 11) is 3.26. The molecule has 0 saturated heterocycles. The van der Waals surface area contributed by atoms with Crippen molar-refractivity contribution in [3.63, 3.8) is 0 Å². The lowest BCUT2D eigenvalue weighted by Gasteiger charge is -2.23. The van der Waals surface area contributed by atoms with Gasteiger partial charge in [0.05, 0.1) is 18.7 Å². The predicted molar refractivity (Wildman–Crippen MR) is 145 cm³/mol. The van der Waals surface area contributed by atoms with Crippen LogP contribution >= 0.6 is 35.6 Å². The molecule has 0 unspecified atom stereocenters. The number of fused-ring (bicyclic) bond motifs is 1. The first kappa shape index (κ1) is 29.0. The molecule has 0 fully saturated rings. The first-order valence-electron chi connectivity index (χ1n) is 11.0. The van der Waals surface area contributed by atoms with Crippen LogP contribution in [0, 0.1) is 0 Å². The maximum atomic E-state index is 5.98. The Bertz CT molecular complexity index is 1040. The van der Waals surface area contributed by atoms with Crippen molar-refractivity contribution in [1.29, 1.82) is 0 Å². The SMILES string of the molecule is COCCOc1cc2ncnc(Nc3cccc(N(CCCl)CCCl)c3)c2cc1OCCOC.Cl. The van der Waals surface area contributed by atoms with E-state index in [2.05, 4.69) is 20.2 Å². The van der Waals surface area contributed by atoms with E-state index in [4.69, 9.17) is 42.1 Å². The minimum Gasteiger partial charge on any atom is -0.487 e. The van der Waals surface area contributed by atoms with Gasteiger partial charge in [0.25, 0.3) is 0 Å². The highest BCUT2D eigenvalue weighted by atomic mass is 35.5. The molecule has 3 rings (SSSR count). The van der Waals surface area contributed by atoms with Crippen LogP contribution in [0.25, 0.3) is 10.9 Å². The number of alkyl halides is 2. The van der Waals surface area contributed by atoms with Crippen LogP contribution < -0.4 is 19.7 Å². The van der Waals surface area contributed by atoms with Gasteiger partial charge in [0.1, 0.15) is 25.4 Å². The molecule has 0 atom stereocenters. The van der Waals surface area contributed by atoms with Gasteiger partial charge in [-0.05, 0) is 24.3 Å². The summed E-state index contributed by atoms with van der Waals surface area (Å²) < 4.78 is 22.0. The first-order chi connectivity index (χ1) is 16.7. The zero-order valence-corrected chi connectivity index (χ0v) is 22.2. The van der Waals surface area contributed by atoms with Crippen LogP contribution in [0.3, 0.4) is 0 Å². The molecule has 2 aromatic carbocycles. The molecule has 1 N–H and O–H groups in total. The van der Waals surface area contributed by atoms with Crippen molar-refractivity contribution in [2.24, 2.45) is 0 Å². The number of benzene rings is 2. The Labute approximate surface area is 222 Å². The quantitative estimate of drug-likeness (QED) is 0.208. The lowest BCUT2D eigenvalue weighted by molar-refractivity contribution is 0.132. The number of nitrogens with zero attached hydrogens (tertiary/aromatic N) is 3. The summed E-state index contributed by atoms with van der Waals surface area (Å²) in [6.45, 7) is 3.13. The van der Waals surface area contributed by atoms with Crippen LogP contribution in [0.15, 0.2) is 42.7 Å². The Balaban J connectivity index is 0.00000432. The number of hydrogen-bond acceptors (Lipinski definition) is 8. The van der Waals surface area contributed by atoms with Gasteiger partial charge in [0.2, 0.25) is 0 Å². The molecule has 0 bridgehead atoms. The zero-order chi connectivity index (χ0) is 24.2. The first-order valence-corrected chi connectivity index (χ1v) is 12.0. The van der Waals surface area contributed by atoms with E-state index < -0.39 is 0 Å². The van der Waals surface area contributed by atoms with Gasteiger partial charge in [0.15, 0.2) is 11.5 Å². The fourth-order valence-corrected chi connectivity index (χ4v) is 3.76.